The molecule has 0 spiro atoms. The van der Waals surface area contributed by atoms with Gasteiger partial charge in [-0.25, -0.2) is 13.1 Å². The van der Waals surface area contributed by atoms with Gasteiger partial charge in [0.25, 0.3) is 0 Å². The topological polar surface area (TPSA) is 78.5 Å². The quantitative estimate of drug-likeness (QED) is 0.612. The number of benzene rings is 2. The van der Waals surface area contributed by atoms with Gasteiger partial charge >= 0.3 is 0 Å². The number of nitrogens with one attached hydrogen (secondary N) is 2. The van der Waals surface area contributed by atoms with Crippen molar-refractivity contribution < 1.29 is 13.2 Å². The molecule has 2 fully saturated rings. The Morgan fingerprint density at radius 1 is 1.12 bits per heavy atom. The first-order valence-corrected chi connectivity index (χ1v) is 13.0. The summed E-state index contributed by atoms with van der Waals surface area (Å²) >= 11 is 12.5. The standard InChI is InChI=1S/C23H27Cl2N3O3S/c1-15-5-9-20(10-6-15)32(30,31)27-18-11-17(12-26-13-18)23(29)28(19-7-8-19)14-16-3-2-4-21(24)22(16)25/h2-6,9-10,17-19,26-27H,7-8,11-14H2,1H3/t17-,18+/m0/s1. The van der Waals surface area contributed by atoms with E-state index in [9.17, 15) is 13.2 Å². The summed E-state index contributed by atoms with van der Waals surface area (Å²) in [6.45, 7) is 3.32. The van der Waals surface area contributed by atoms with Crippen LogP contribution < -0.4 is 10.0 Å². The maximum Gasteiger partial charge on any atom is 0.240 e. The normalized spacial score (nSPS) is 21.3. The number of hydrogen-bond donors (Lipinski definition) is 2. The summed E-state index contributed by atoms with van der Waals surface area (Å²) < 4.78 is 28.3. The summed E-state index contributed by atoms with van der Waals surface area (Å²) in [5.74, 6) is -0.289. The van der Waals surface area contributed by atoms with E-state index in [1.165, 1.54) is 0 Å². The van der Waals surface area contributed by atoms with Crippen LogP contribution in [0.15, 0.2) is 47.4 Å². The second-order valence-electron chi connectivity index (χ2n) is 8.63. The van der Waals surface area contributed by atoms with E-state index in [1.807, 2.05) is 24.0 Å². The molecule has 2 aromatic carbocycles. The molecule has 0 bridgehead atoms. The van der Waals surface area contributed by atoms with Crippen LogP contribution in [0.5, 0.6) is 0 Å². The summed E-state index contributed by atoms with van der Waals surface area (Å²) in [6, 6.07) is 12.0. The van der Waals surface area contributed by atoms with Crippen molar-refractivity contribution in [2.45, 2.75) is 49.7 Å². The maximum absolute atomic E-state index is 13.4. The fourth-order valence-electron chi connectivity index (χ4n) is 4.09. The molecule has 1 aliphatic heterocycles. The molecule has 1 saturated heterocycles. The summed E-state index contributed by atoms with van der Waals surface area (Å²) in [4.78, 5) is 15.5. The van der Waals surface area contributed by atoms with Crippen molar-refractivity contribution in [2.24, 2.45) is 5.92 Å². The molecule has 1 saturated carbocycles. The first kappa shape index (κ1) is 23.5. The van der Waals surface area contributed by atoms with Crippen molar-refractivity contribution in [1.29, 1.82) is 0 Å². The number of piperidine rings is 1. The van der Waals surface area contributed by atoms with Crippen LogP contribution in [0.2, 0.25) is 10.0 Å². The predicted octanol–water partition coefficient (Wildman–Crippen LogP) is 3.75. The zero-order valence-corrected chi connectivity index (χ0v) is 20.2. The minimum absolute atomic E-state index is 0.0234. The fraction of sp³-hybridized carbons (Fsp3) is 0.435. The van der Waals surface area contributed by atoms with E-state index in [2.05, 4.69) is 10.0 Å². The van der Waals surface area contributed by atoms with Crippen molar-refractivity contribution in [3.63, 3.8) is 0 Å². The summed E-state index contributed by atoms with van der Waals surface area (Å²) in [5.41, 5.74) is 1.81. The second-order valence-corrected chi connectivity index (χ2v) is 11.1. The Kier molecular flexibility index (Phi) is 7.12. The Hall–Kier alpha value is -1.64. The molecule has 1 amide bonds. The largest absolute Gasteiger partial charge is 0.335 e. The lowest BCUT2D eigenvalue weighted by molar-refractivity contribution is -0.137. The first-order valence-electron chi connectivity index (χ1n) is 10.8. The highest BCUT2D eigenvalue weighted by Gasteiger charge is 2.38. The molecule has 2 N–H and O–H groups in total. The third-order valence-electron chi connectivity index (χ3n) is 6.00. The highest BCUT2D eigenvalue weighted by molar-refractivity contribution is 7.89. The molecule has 9 heteroatoms. The third-order valence-corrected chi connectivity index (χ3v) is 8.39. The highest BCUT2D eigenvalue weighted by atomic mass is 35.5. The van der Waals surface area contributed by atoms with Gasteiger partial charge in [-0.15, -0.1) is 0 Å². The lowest BCUT2D eigenvalue weighted by atomic mass is 9.94. The number of rotatable bonds is 7. The smallest absolute Gasteiger partial charge is 0.240 e. The van der Waals surface area contributed by atoms with Gasteiger partial charge in [-0.2, -0.15) is 0 Å². The predicted molar refractivity (Wildman–Crippen MR) is 126 cm³/mol. The molecular formula is C23H27Cl2N3O3S. The number of carbonyl (C=O) groups excluding carboxylic acids is 1. The van der Waals surface area contributed by atoms with E-state index in [-0.39, 0.29) is 28.8 Å². The molecule has 2 aromatic rings. The minimum atomic E-state index is -3.66. The van der Waals surface area contributed by atoms with Crippen molar-refractivity contribution in [3.8, 4) is 0 Å². The summed E-state index contributed by atoms with van der Waals surface area (Å²) in [7, 11) is -3.66. The first-order chi connectivity index (χ1) is 15.2. The third kappa shape index (κ3) is 5.46. The summed E-state index contributed by atoms with van der Waals surface area (Å²) in [6.07, 6.45) is 2.38. The van der Waals surface area contributed by atoms with Crippen LogP contribution in [0.3, 0.4) is 0 Å². The van der Waals surface area contributed by atoms with Crippen LogP contribution >= 0.6 is 23.2 Å². The molecule has 0 aromatic heterocycles. The number of amides is 1. The van der Waals surface area contributed by atoms with Crippen LogP contribution in [0, 0.1) is 12.8 Å². The van der Waals surface area contributed by atoms with E-state index in [1.54, 1.807) is 30.3 Å². The van der Waals surface area contributed by atoms with Gasteiger partial charge < -0.3 is 10.2 Å². The van der Waals surface area contributed by atoms with Crippen LogP contribution in [-0.2, 0) is 21.4 Å². The Balaban J connectivity index is 1.45. The monoisotopic (exact) mass is 495 g/mol. The minimum Gasteiger partial charge on any atom is -0.335 e. The van der Waals surface area contributed by atoms with E-state index in [0.717, 1.165) is 24.0 Å². The van der Waals surface area contributed by atoms with Gasteiger partial charge in [-0.05, 0) is 49.9 Å². The highest BCUT2D eigenvalue weighted by Crippen LogP contribution is 2.33. The maximum atomic E-state index is 13.4. The Labute approximate surface area is 199 Å². The van der Waals surface area contributed by atoms with Crippen molar-refractivity contribution in [1.82, 2.24) is 14.9 Å². The molecule has 1 aliphatic carbocycles. The van der Waals surface area contributed by atoms with Gasteiger partial charge in [0.2, 0.25) is 15.9 Å². The number of carbonyl (C=O) groups is 1. The Morgan fingerprint density at radius 2 is 1.84 bits per heavy atom. The SMILES string of the molecule is Cc1ccc(S(=O)(=O)N[C@H]2CNC[C@@H](C(=O)N(Cc3cccc(Cl)c3Cl)C3CC3)C2)cc1. The van der Waals surface area contributed by atoms with Gasteiger partial charge in [0.1, 0.15) is 0 Å². The molecule has 2 atom stereocenters. The average Bonchev–Trinajstić information content (AvgIpc) is 3.60. The lowest BCUT2D eigenvalue weighted by Gasteiger charge is -2.34. The van der Waals surface area contributed by atoms with E-state index < -0.39 is 10.0 Å². The van der Waals surface area contributed by atoms with Crippen LogP contribution in [0.25, 0.3) is 0 Å². The van der Waals surface area contributed by atoms with Crippen LogP contribution in [-0.4, -0.2) is 44.4 Å². The number of aryl methyl sites for hydroxylation is 1. The van der Waals surface area contributed by atoms with Gasteiger partial charge in [0, 0.05) is 31.7 Å². The van der Waals surface area contributed by atoms with Crippen molar-refractivity contribution in [3.05, 3.63) is 63.6 Å². The second kappa shape index (κ2) is 9.69. The molecule has 32 heavy (non-hydrogen) atoms. The molecule has 4 rings (SSSR count). The van der Waals surface area contributed by atoms with E-state index in [0.29, 0.717) is 36.1 Å². The van der Waals surface area contributed by atoms with Gasteiger partial charge in [0.15, 0.2) is 0 Å². The molecule has 6 nitrogen and oxygen atoms in total. The van der Waals surface area contributed by atoms with Gasteiger partial charge in [-0.1, -0.05) is 53.0 Å². The molecule has 1 heterocycles. The molecular weight excluding hydrogens is 469 g/mol. The zero-order chi connectivity index (χ0) is 22.9. The number of nitrogens with zero attached hydrogens (tertiary/aromatic N) is 1. The number of sulfonamides is 1. The Bertz CT molecular complexity index is 1090. The average molecular weight is 496 g/mol. The lowest BCUT2D eigenvalue weighted by Crippen LogP contribution is -2.53. The number of halogens is 2. The molecule has 0 radical (unpaired) electrons. The van der Waals surface area contributed by atoms with Crippen molar-refractivity contribution >= 4 is 39.1 Å². The van der Waals surface area contributed by atoms with Gasteiger partial charge in [0.05, 0.1) is 20.9 Å². The molecule has 2 aliphatic rings. The fourth-order valence-corrected chi connectivity index (χ4v) is 5.72. The molecule has 0 unspecified atom stereocenters. The van der Waals surface area contributed by atoms with E-state index >= 15 is 0 Å². The molecule has 172 valence electrons. The van der Waals surface area contributed by atoms with Crippen LogP contribution in [0.1, 0.15) is 30.4 Å². The van der Waals surface area contributed by atoms with Crippen LogP contribution in [0.4, 0.5) is 0 Å². The summed E-state index contributed by atoms with van der Waals surface area (Å²) in [5, 5.41) is 4.17. The van der Waals surface area contributed by atoms with Gasteiger partial charge in [-0.3, -0.25) is 4.79 Å². The van der Waals surface area contributed by atoms with E-state index in [4.69, 9.17) is 23.2 Å². The number of hydrogen-bond acceptors (Lipinski definition) is 4. The Morgan fingerprint density at radius 3 is 2.53 bits per heavy atom. The zero-order valence-electron chi connectivity index (χ0n) is 17.9. The van der Waals surface area contributed by atoms with Crippen molar-refractivity contribution in [2.75, 3.05) is 13.1 Å².